The lowest BCUT2D eigenvalue weighted by molar-refractivity contribution is 0.0635. The van der Waals surface area contributed by atoms with Crippen LogP contribution in [0.25, 0.3) is 0 Å². The van der Waals surface area contributed by atoms with Gasteiger partial charge < -0.3 is 4.74 Å². The Bertz CT molecular complexity index is 533. The Kier molecular flexibility index (Phi) is 5.28. The van der Waals surface area contributed by atoms with Crippen molar-refractivity contribution < 1.29 is 13.7 Å². The van der Waals surface area contributed by atoms with Gasteiger partial charge in [0.15, 0.2) is 5.82 Å². The fraction of sp³-hybridized carbons (Fsp3) is 0.500. The molecule has 0 aliphatic heterocycles. The molecule has 0 radical (unpaired) electrons. The first-order valence-corrected chi connectivity index (χ1v) is 7.89. The number of nitrogens with one attached hydrogen (secondary N) is 1. The zero-order valence-corrected chi connectivity index (χ0v) is 13.9. The van der Waals surface area contributed by atoms with E-state index in [-0.39, 0.29) is 16.1 Å². The van der Waals surface area contributed by atoms with Crippen LogP contribution in [-0.2, 0) is 15.5 Å². The van der Waals surface area contributed by atoms with Crippen LogP contribution < -0.4 is 5.32 Å². The van der Waals surface area contributed by atoms with E-state index in [2.05, 4.69) is 31.2 Å². The number of hydrogen-bond donors (Lipinski definition) is 1. The highest BCUT2D eigenvalue weighted by atomic mass is 79.9. The van der Waals surface area contributed by atoms with Gasteiger partial charge in [0.05, 0.1) is 15.3 Å². The molecule has 19 heavy (non-hydrogen) atoms. The van der Waals surface area contributed by atoms with E-state index in [1.807, 2.05) is 0 Å². The van der Waals surface area contributed by atoms with Gasteiger partial charge in [-0.2, -0.15) is 0 Å². The summed E-state index contributed by atoms with van der Waals surface area (Å²) in [7, 11) is -1.41. The fourth-order valence-electron chi connectivity index (χ4n) is 1.01. The van der Waals surface area contributed by atoms with E-state index in [9.17, 15) is 9.00 Å². The van der Waals surface area contributed by atoms with Crippen molar-refractivity contribution >= 4 is 50.2 Å². The Morgan fingerprint density at radius 3 is 2.47 bits per heavy atom. The Balaban J connectivity index is 3.01. The largest absolute Gasteiger partial charge is 0.444 e. The molecule has 1 aromatic rings. The molecule has 0 aliphatic rings. The number of hydrogen-bond acceptors (Lipinski definition) is 5. The number of rotatable bonds is 2. The van der Waals surface area contributed by atoms with Crippen molar-refractivity contribution in [1.82, 2.24) is 9.97 Å². The number of ether oxygens (including phenoxy) is 1. The van der Waals surface area contributed by atoms with Crippen molar-refractivity contribution in [3.05, 3.63) is 9.63 Å². The van der Waals surface area contributed by atoms with Gasteiger partial charge in [0.2, 0.25) is 5.16 Å². The summed E-state index contributed by atoms with van der Waals surface area (Å²) in [5.41, 5.74) is -0.635. The molecule has 0 saturated carbocycles. The predicted molar refractivity (Wildman–Crippen MR) is 76.9 cm³/mol. The number of anilines is 1. The SMILES string of the molecule is CS(=O)c1nc(Cl)c(Br)c(NC(=O)OC(C)(C)C)n1. The fourth-order valence-corrected chi connectivity index (χ4v) is 1.95. The molecule has 0 aliphatic carbocycles. The van der Waals surface area contributed by atoms with Gasteiger partial charge in [0.1, 0.15) is 10.8 Å². The molecule has 1 atom stereocenters. The molecule has 9 heteroatoms. The van der Waals surface area contributed by atoms with Crippen molar-refractivity contribution in [2.24, 2.45) is 0 Å². The topological polar surface area (TPSA) is 81.2 Å². The van der Waals surface area contributed by atoms with Gasteiger partial charge in [-0.1, -0.05) is 11.6 Å². The van der Waals surface area contributed by atoms with E-state index in [1.54, 1.807) is 20.8 Å². The third kappa shape index (κ3) is 5.04. The van der Waals surface area contributed by atoms with Crippen molar-refractivity contribution in [3.8, 4) is 0 Å². The molecule has 1 unspecified atom stereocenters. The minimum absolute atomic E-state index is 0.0271. The maximum atomic E-state index is 11.6. The molecule has 0 fully saturated rings. The molecule has 6 nitrogen and oxygen atoms in total. The molecule has 1 amide bonds. The summed E-state index contributed by atoms with van der Waals surface area (Å²) in [6.45, 7) is 5.21. The number of amides is 1. The summed E-state index contributed by atoms with van der Waals surface area (Å²) in [6.07, 6.45) is 0.729. The van der Waals surface area contributed by atoms with Crippen LogP contribution in [0.5, 0.6) is 0 Å². The van der Waals surface area contributed by atoms with Crippen molar-refractivity contribution in [2.45, 2.75) is 31.5 Å². The molecule has 1 rings (SSSR count). The van der Waals surface area contributed by atoms with Gasteiger partial charge >= 0.3 is 6.09 Å². The number of carbonyl (C=O) groups is 1. The number of halogens is 2. The van der Waals surface area contributed by atoms with Crippen LogP contribution in [-0.4, -0.2) is 32.1 Å². The van der Waals surface area contributed by atoms with Gasteiger partial charge in [0.25, 0.3) is 0 Å². The van der Waals surface area contributed by atoms with Crippen LogP contribution in [0.1, 0.15) is 20.8 Å². The van der Waals surface area contributed by atoms with E-state index in [0.29, 0.717) is 4.47 Å². The Morgan fingerprint density at radius 2 is 2.00 bits per heavy atom. The predicted octanol–water partition coefficient (Wildman–Crippen LogP) is 2.98. The third-order valence-electron chi connectivity index (χ3n) is 1.67. The lowest BCUT2D eigenvalue weighted by atomic mass is 10.2. The second-order valence-electron chi connectivity index (χ2n) is 4.54. The molecule has 1 heterocycles. The first kappa shape index (κ1) is 16.3. The van der Waals surface area contributed by atoms with Gasteiger partial charge in [-0.15, -0.1) is 0 Å². The maximum absolute atomic E-state index is 11.6. The van der Waals surface area contributed by atoms with E-state index in [1.165, 1.54) is 6.26 Å². The molecule has 1 N–H and O–H groups in total. The Morgan fingerprint density at radius 1 is 1.42 bits per heavy atom. The van der Waals surface area contributed by atoms with Crippen LogP contribution in [0, 0.1) is 0 Å². The summed E-state index contributed by atoms with van der Waals surface area (Å²) < 4.78 is 16.7. The normalized spacial score (nSPS) is 12.9. The number of nitrogens with zero attached hydrogens (tertiary/aromatic N) is 2. The summed E-state index contributed by atoms with van der Waals surface area (Å²) in [4.78, 5) is 19.4. The first-order chi connectivity index (χ1) is 8.60. The minimum Gasteiger partial charge on any atom is -0.444 e. The molecular formula is C10H13BrClN3O3S. The van der Waals surface area contributed by atoms with Crippen molar-refractivity contribution in [1.29, 1.82) is 0 Å². The second-order valence-corrected chi connectivity index (χ2v) is 6.97. The lowest BCUT2D eigenvalue weighted by Gasteiger charge is -2.19. The van der Waals surface area contributed by atoms with Crippen molar-refractivity contribution in [3.63, 3.8) is 0 Å². The monoisotopic (exact) mass is 369 g/mol. The number of carbonyl (C=O) groups excluding carboxylic acids is 1. The highest BCUT2D eigenvalue weighted by Crippen LogP contribution is 2.28. The van der Waals surface area contributed by atoms with Gasteiger partial charge in [-0.25, -0.2) is 14.8 Å². The van der Waals surface area contributed by atoms with E-state index < -0.39 is 22.5 Å². The van der Waals surface area contributed by atoms with Gasteiger partial charge in [-0.3, -0.25) is 9.53 Å². The second kappa shape index (κ2) is 6.15. The minimum atomic E-state index is -1.41. The van der Waals surface area contributed by atoms with Crippen LogP contribution in [0.4, 0.5) is 10.6 Å². The van der Waals surface area contributed by atoms with Crippen molar-refractivity contribution in [2.75, 3.05) is 11.6 Å². The standard InChI is InChI=1S/C10H13BrClN3O3S/c1-10(2,3)18-9(16)15-7-5(11)6(12)13-8(14-7)19(4)17/h1-4H3,(H,13,14,15,16). The summed E-state index contributed by atoms with van der Waals surface area (Å²) in [5, 5.41) is 2.51. The lowest BCUT2D eigenvalue weighted by Crippen LogP contribution is -2.27. The molecule has 0 aromatic carbocycles. The average Bonchev–Trinajstić information content (AvgIpc) is 2.21. The molecule has 0 spiro atoms. The molecular weight excluding hydrogens is 358 g/mol. The zero-order chi connectivity index (χ0) is 14.8. The van der Waals surface area contributed by atoms with E-state index in [0.717, 1.165) is 0 Å². The third-order valence-corrected chi connectivity index (χ3v) is 3.62. The van der Waals surface area contributed by atoms with Crippen LogP contribution in [0.3, 0.4) is 0 Å². The zero-order valence-electron chi connectivity index (χ0n) is 10.8. The smallest absolute Gasteiger partial charge is 0.413 e. The summed E-state index contributed by atoms with van der Waals surface area (Å²) >= 11 is 9.00. The highest BCUT2D eigenvalue weighted by molar-refractivity contribution is 9.10. The molecule has 0 saturated heterocycles. The Labute approximate surface area is 126 Å². The summed E-state index contributed by atoms with van der Waals surface area (Å²) in [6, 6.07) is 0. The quantitative estimate of drug-likeness (QED) is 0.639. The Hall–Kier alpha value is -0.730. The average molecular weight is 371 g/mol. The van der Waals surface area contributed by atoms with Crippen LogP contribution in [0.15, 0.2) is 9.63 Å². The van der Waals surface area contributed by atoms with E-state index >= 15 is 0 Å². The van der Waals surface area contributed by atoms with Gasteiger partial charge in [0, 0.05) is 6.26 Å². The highest BCUT2D eigenvalue weighted by Gasteiger charge is 2.19. The first-order valence-electron chi connectivity index (χ1n) is 5.16. The molecule has 106 valence electrons. The summed E-state index contributed by atoms with van der Waals surface area (Å²) in [5.74, 6) is 0.111. The number of aromatic nitrogens is 2. The van der Waals surface area contributed by atoms with Crippen LogP contribution >= 0.6 is 27.5 Å². The van der Waals surface area contributed by atoms with Gasteiger partial charge in [-0.05, 0) is 36.7 Å². The molecule has 0 bridgehead atoms. The molecule has 1 aromatic heterocycles. The van der Waals surface area contributed by atoms with E-state index in [4.69, 9.17) is 16.3 Å². The van der Waals surface area contributed by atoms with Crippen LogP contribution in [0.2, 0.25) is 5.15 Å². The maximum Gasteiger partial charge on any atom is 0.413 e.